The Morgan fingerprint density at radius 2 is 2.21 bits per heavy atom. The van der Waals surface area contributed by atoms with Crippen molar-refractivity contribution in [2.75, 3.05) is 26.2 Å². The minimum absolute atomic E-state index is 0.0124. The number of hydrogen-bond acceptors (Lipinski definition) is 4. The van der Waals surface area contributed by atoms with Crippen LogP contribution >= 0.6 is 0 Å². The standard InChI is InChI=1S/C13H16N4O2/c1-16-5-2-10(9-16)12-11(8-15-19-12)13(18)17-6-3-14-4-7-17/h2,5,8-9,14H,3-4,6-7H2,1H3. The third-order valence-corrected chi connectivity index (χ3v) is 3.30. The summed E-state index contributed by atoms with van der Waals surface area (Å²) >= 11 is 0. The number of aryl methyl sites for hydroxylation is 1. The van der Waals surface area contributed by atoms with E-state index >= 15 is 0 Å². The number of carbonyl (C=O) groups excluding carboxylic acids is 1. The van der Waals surface area contributed by atoms with Gasteiger partial charge in [-0.2, -0.15) is 0 Å². The lowest BCUT2D eigenvalue weighted by Crippen LogP contribution is -2.46. The van der Waals surface area contributed by atoms with Gasteiger partial charge in [0.05, 0.1) is 6.20 Å². The molecule has 2 aromatic heterocycles. The molecule has 6 nitrogen and oxygen atoms in total. The van der Waals surface area contributed by atoms with E-state index in [0.717, 1.165) is 31.7 Å². The second-order valence-electron chi connectivity index (χ2n) is 4.68. The molecule has 6 heteroatoms. The van der Waals surface area contributed by atoms with Gasteiger partial charge in [-0.3, -0.25) is 4.79 Å². The van der Waals surface area contributed by atoms with E-state index in [1.54, 1.807) is 0 Å². The predicted molar refractivity (Wildman–Crippen MR) is 69.7 cm³/mol. The largest absolute Gasteiger partial charge is 0.357 e. The number of rotatable bonds is 2. The van der Waals surface area contributed by atoms with Crippen molar-refractivity contribution in [2.45, 2.75) is 0 Å². The van der Waals surface area contributed by atoms with Gasteiger partial charge < -0.3 is 19.3 Å². The molecule has 1 aliphatic heterocycles. The number of aromatic nitrogens is 2. The van der Waals surface area contributed by atoms with Crippen LogP contribution in [0.2, 0.25) is 0 Å². The zero-order valence-electron chi connectivity index (χ0n) is 10.8. The molecule has 2 aromatic rings. The van der Waals surface area contributed by atoms with Crippen LogP contribution in [0.4, 0.5) is 0 Å². The molecule has 1 N–H and O–H groups in total. The van der Waals surface area contributed by atoms with Gasteiger partial charge in [0, 0.05) is 51.2 Å². The Morgan fingerprint density at radius 1 is 1.42 bits per heavy atom. The van der Waals surface area contributed by atoms with E-state index in [4.69, 9.17) is 4.52 Å². The minimum atomic E-state index is -0.0124. The van der Waals surface area contributed by atoms with Crippen LogP contribution in [0.5, 0.6) is 0 Å². The van der Waals surface area contributed by atoms with Crippen molar-refractivity contribution in [3.8, 4) is 11.3 Å². The molecule has 0 saturated carbocycles. The summed E-state index contributed by atoms with van der Waals surface area (Å²) in [6.45, 7) is 3.10. The Morgan fingerprint density at radius 3 is 2.89 bits per heavy atom. The van der Waals surface area contributed by atoms with E-state index in [1.807, 2.05) is 35.0 Å². The van der Waals surface area contributed by atoms with Gasteiger partial charge in [0.2, 0.25) is 0 Å². The van der Waals surface area contributed by atoms with Crippen molar-refractivity contribution in [2.24, 2.45) is 7.05 Å². The van der Waals surface area contributed by atoms with E-state index in [1.165, 1.54) is 6.20 Å². The number of nitrogens with one attached hydrogen (secondary N) is 1. The molecule has 1 fully saturated rings. The van der Waals surface area contributed by atoms with Gasteiger partial charge in [0.1, 0.15) is 5.56 Å². The highest BCUT2D eigenvalue weighted by molar-refractivity contribution is 5.99. The topological polar surface area (TPSA) is 63.3 Å². The SMILES string of the molecule is Cn1ccc(-c2oncc2C(=O)N2CCNCC2)c1. The van der Waals surface area contributed by atoms with Crippen molar-refractivity contribution < 1.29 is 9.32 Å². The Labute approximate surface area is 111 Å². The molecule has 0 radical (unpaired) electrons. The Hall–Kier alpha value is -2.08. The molecule has 3 heterocycles. The van der Waals surface area contributed by atoms with Gasteiger partial charge in [0.15, 0.2) is 5.76 Å². The molecule has 0 unspecified atom stereocenters. The zero-order chi connectivity index (χ0) is 13.2. The molecule has 0 atom stereocenters. The second-order valence-corrected chi connectivity index (χ2v) is 4.68. The molecule has 0 aromatic carbocycles. The average Bonchev–Trinajstić information content (AvgIpc) is 3.07. The van der Waals surface area contributed by atoms with Gasteiger partial charge in [0.25, 0.3) is 5.91 Å². The summed E-state index contributed by atoms with van der Waals surface area (Å²) in [6, 6.07) is 1.91. The summed E-state index contributed by atoms with van der Waals surface area (Å²) in [7, 11) is 1.93. The molecule has 100 valence electrons. The lowest BCUT2D eigenvalue weighted by atomic mass is 10.1. The van der Waals surface area contributed by atoms with Crippen LogP contribution in [0.15, 0.2) is 29.2 Å². The van der Waals surface area contributed by atoms with Crippen molar-refractivity contribution >= 4 is 5.91 Å². The number of hydrogen-bond donors (Lipinski definition) is 1. The first-order chi connectivity index (χ1) is 9.25. The van der Waals surface area contributed by atoms with Gasteiger partial charge >= 0.3 is 0 Å². The molecule has 3 rings (SSSR count). The fraction of sp³-hybridized carbons (Fsp3) is 0.385. The first kappa shape index (κ1) is 12.0. The summed E-state index contributed by atoms with van der Waals surface area (Å²) in [4.78, 5) is 14.3. The van der Waals surface area contributed by atoms with Crippen LogP contribution in [0, 0.1) is 0 Å². The van der Waals surface area contributed by atoms with Crippen molar-refractivity contribution in [3.63, 3.8) is 0 Å². The van der Waals surface area contributed by atoms with Crippen LogP contribution in [-0.4, -0.2) is 46.7 Å². The summed E-state index contributed by atoms with van der Waals surface area (Å²) in [5.41, 5.74) is 1.41. The molecule has 1 saturated heterocycles. The molecular weight excluding hydrogens is 244 g/mol. The number of amides is 1. The maximum Gasteiger partial charge on any atom is 0.259 e. The highest BCUT2D eigenvalue weighted by atomic mass is 16.5. The van der Waals surface area contributed by atoms with E-state index in [9.17, 15) is 4.79 Å². The van der Waals surface area contributed by atoms with Gasteiger partial charge in [-0.1, -0.05) is 5.16 Å². The van der Waals surface area contributed by atoms with Crippen LogP contribution in [0.1, 0.15) is 10.4 Å². The van der Waals surface area contributed by atoms with Crippen molar-refractivity contribution in [1.82, 2.24) is 19.9 Å². The lowest BCUT2D eigenvalue weighted by Gasteiger charge is -2.27. The monoisotopic (exact) mass is 260 g/mol. The average molecular weight is 260 g/mol. The first-order valence-corrected chi connectivity index (χ1v) is 6.33. The van der Waals surface area contributed by atoms with Crippen LogP contribution in [0.3, 0.4) is 0 Å². The van der Waals surface area contributed by atoms with Crippen LogP contribution in [-0.2, 0) is 7.05 Å². The number of nitrogens with zero attached hydrogens (tertiary/aromatic N) is 3. The zero-order valence-corrected chi connectivity index (χ0v) is 10.8. The third kappa shape index (κ3) is 2.26. The molecule has 1 aliphatic rings. The van der Waals surface area contributed by atoms with E-state index < -0.39 is 0 Å². The smallest absolute Gasteiger partial charge is 0.259 e. The molecular formula is C13H16N4O2. The van der Waals surface area contributed by atoms with Gasteiger partial charge in [-0.15, -0.1) is 0 Å². The maximum atomic E-state index is 12.5. The summed E-state index contributed by atoms with van der Waals surface area (Å²) in [5.74, 6) is 0.533. The lowest BCUT2D eigenvalue weighted by molar-refractivity contribution is 0.0736. The summed E-state index contributed by atoms with van der Waals surface area (Å²) in [5, 5.41) is 7.00. The number of piperazine rings is 1. The molecule has 0 spiro atoms. The molecule has 0 bridgehead atoms. The highest BCUT2D eigenvalue weighted by Crippen LogP contribution is 2.24. The predicted octanol–water partition coefficient (Wildman–Crippen LogP) is 0.725. The highest BCUT2D eigenvalue weighted by Gasteiger charge is 2.24. The fourth-order valence-corrected chi connectivity index (χ4v) is 2.28. The fourth-order valence-electron chi connectivity index (χ4n) is 2.28. The third-order valence-electron chi connectivity index (χ3n) is 3.30. The van der Waals surface area contributed by atoms with Crippen LogP contribution < -0.4 is 5.32 Å². The van der Waals surface area contributed by atoms with E-state index in [0.29, 0.717) is 11.3 Å². The Bertz CT molecular complexity index is 581. The first-order valence-electron chi connectivity index (χ1n) is 6.33. The van der Waals surface area contributed by atoms with Gasteiger partial charge in [-0.05, 0) is 6.07 Å². The Balaban J connectivity index is 1.89. The van der Waals surface area contributed by atoms with Crippen LogP contribution in [0.25, 0.3) is 11.3 Å². The quantitative estimate of drug-likeness (QED) is 0.864. The maximum absolute atomic E-state index is 12.5. The summed E-state index contributed by atoms with van der Waals surface area (Å²) < 4.78 is 7.16. The minimum Gasteiger partial charge on any atom is -0.357 e. The molecule has 1 amide bonds. The summed E-state index contributed by atoms with van der Waals surface area (Å²) in [6.07, 6.45) is 5.33. The van der Waals surface area contributed by atoms with Crippen molar-refractivity contribution in [3.05, 3.63) is 30.2 Å². The normalized spacial score (nSPS) is 15.7. The number of carbonyl (C=O) groups is 1. The van der Waals surface area contributed by atoms with E-state index in [-0.39, 0.29) is 5.91 Å². The Kier molecular flexibility index (Phi) is 3.08. The second kappa shape index (κ2) is 4.89. The van der Waals surface area contributed by atoms with Crippen molar-refractivity contribution in [1.29, 1.82) is 0 Å². The van der Waals surface area contributed by atoms with Gasteiger partial charge in [-0.25, -0.2) is 0 Å². The van der Waals surface area contributed by atoms with E-state index in [2.05, 4.69) is 10.5 Å². The molecule has 0 aliphatic carbocycles. The molecule has 19 heavy (non-hydrogen) atoms.